The summed E-state index contributed by atoms with van der Waals surface area (Å²) < 4.78 is 6.45. The smallest absolute Gasteiger partial charge is 0.123 e. The SMILES string of the molecule is CCCCC(C)NCc1cc(Br)ccc1OC. The maximum atomic E-state index is 5.35. The van der Waals surface area contributed by atoms with E-state index in [4.69, 9.17) is 4.74 Å². The third-order valence-corrected chi connectivity index (χ3v) is 3.37. The molecule has 3 heteroatoms. The van der Waals surface area contributed by atoms with E-state index < -0.39 is 0 Å². The summed E-state index contributed by atoms with van der Waals surface area (Å²) in [6, 6.07) is 6.66. The van der Waals surface area contributed by atoms with Crippen molar-refractivity contribution in [1.82, 2.24) is 5.32 Å². The number of benzene rings is 1. The van der Waals surface area contributed by atoms with Crippen molar-refractivity contribution < 1.29 is 4.74 Å². The van der Waals surface area contributed by atoms with Crippen molar-refractivity contribution in [3.63, 3.8) is 0 Å². The third kappa shape index (κ3) is 5.09. The van der Waals surface area contributed by atoms with E-state index >= 15 is 0 Å². The molecule has 17 heavy (non-hydrogen) atoms. The first kappa shape index (κ1) is 14.5. The van der Waals surface area contributed by atoms with Crippen LogP contribution in [0.2, 0.25) is 0 Å². The molecular weight excluding hydrogens is 278 g/mol. The van der Waals surface area contributed by atoms with E-state index in [9.17, 15) is 0 Å². The molecule has 0 radical (unpaired) electrons. The second-order valence-corrected chi connectivity index (χ2v) is 5.30. The Morgan fingerprint density at radius 1 is 1.41 bits per heavy atom. The summed E-state index contributed by atoms with van der Waals surface area (Å²) in [5.41, 5.74) is 1.20. The lowest BCUT2D eigenvalue weighted by molar-refractivity contribution is 0.404. The van der Waals surface area contributed by atoms with Crippen LogP contribution in [0.4, 0.5) is 0 Å². The summed E-state index contributed by atoms with van der Waals surface area (Å²) in [4.78, 5) is 0. The van der Waals surface area contributed by atoms with E-state index in [-0.39, 0.29) is 0 Å². The van der Waals surface area contributed by atoms with Crippen LogP contribution in [0.3, 0.4) is 0 Å². The first-order valence-corrected chi connectivity index (χ1v) is 7.02. The molecule has 0 saturated carbocycles. The minimum atomic E-state index is 0.554. The lowest BCUT2D eigenvalue weighted by atomic mass is 10.1. The normalized spacial score (nSPS) is 12.5. The van der Waals surface area contributed by atoms with Gasteiger partial charge in [0, 0.05) is 22.6 Å². The van der Waals surface area contributed by atoms with Crippen molar-refractivity contribution in [3.05, 3.63) is 28.2 Å². The highest BCUT2D eigenvalue weighted by atomic mass is 79.9. The van der Waals surface area contributed by atoms with Gasteiger partial charge in [0.2, 0.25) is 0 Å². The lowest BCUT2D eigenvalue weighted by Gasteiger charge is -2.15. The molecule has 1 N–H and O–H groups in total. The van der Waals surface area contributed by atoms with Gasteiger partial charge in [0.25, 0.3) is 0 Å². The number of halogens is 1. The van der Waals surface area contributed by atoms with Crippen LogP contribution >= 0.6 is 15.9 Å². The number of ether oxygens (including phenoxy) is 1. The molecule has 0 amide bonds. The summed E-state index contributed by atoms with van der Waals surface area (Å²) in [6.07, 6.45) is 3.77. The summed E-state index contributed by atoms with van der Waals surface area (Å²) >= 11 is 3.49. The Morgan fingerprint density at radius 2 is 2.18 bits per heavy atom. The summed E-state index contributed by atoms with van der Waals surface area (Å²) in [7, 11) is 1.72. The topological polar surface area (TPSA) is 21.3 Å². The molecule has 0 heterocycles. The van der Waals surface area contributed by atoms with Gasteiger partial charge in [-0.1, -0.05) is 35.7 Å². The van der Waals surface area contributed by atoms with E-state index in [1.54, 1.807) is 7.11 Å². The van der Waals surface area contributed by atoms with Gasteiger partial charge in [0.1, 0.15) is 5.75 Å². The summed E-state index contributed by atoms with van der Waals surface area (Å²) in [5, 5.41) is 3.53. The van der Waals surface area contributed by atoms with Crippen LogP contribution in [-0.4, -0.2) is 13.2 Å². The van der Waals surface area contributed by atoms with Gasteiger partial charge < -0.3 is 10.1 Å². The summed E-state index contributed by atoms with van der Waals surface area (Å²) in [5.74, 6) is 0.948. The first-order valence-electron chi connectivity index (χ1n) is 6.23. The number of unbranched alkanes of at least 4 members (excludes halogenated alkanes) is 1. The Kier molecular flexibility index (Phi) is 6.60. The predicted molar refractivity (Wildman–Crippen MR) is 76.5 cm³/mol. The zero-order chi connectivity index (χ0) is 12.7. The van der Waals surface area contributed by atoms with Crippen LogP contribution < -0.4 is 10.1 Å². The van der Waals surface area contributed by atoms with Gasteiger partial charge in [0.05, 0.1) is 7.11 Å². The van der Waals surface area contributed by atoms with Gasteiger partial charge in [-0.05, 0) is 31.5 Å². The Balaban J connectivity index is 2.52. The molecule has 0 aliphatic carbocycles. The molecule has 0 aromatic heterocycles. The van der Waals surface area contributed by atoms with Crippen LogP contribution in [0.25, 0.3) is 0 Å². The van der Waals surface area contributed by atoms with Crippen LogP contribution in [-0.2, 0) is 6.54 Å². The highest BCUT2D eigenvalue weighted by Crippen LogP contribution is 2.22. The zero-order valence-corrected chi connectivity index (χ0v) is 12.5. The Hall–Kier alpha value is -0.540. The number of methoxy groups -OCH3 is 1. The van der Waals surface area contributed by atoms with E-state index in [2.05, 4.69) is 41.2 Å². The Bertz CT molecular complexity index is 341. The van der Waals surface area contributed by atoms with Crippen LogP contribution in [0.15, 0.2) is 22.7 Å². The quantitative estimate of drug-likeness (QED) is 0.817. The maximum absolute atomic E-state index is 5.35. The van der Waals surface area contributed by atoms with Crippen molar-refractivity contribution in [2.24, 2.45) is 0 Å². The molecular formula is C14H22BrNO. The van der Waals surface area contributed by atoms with Crippen LogP contribution in [0, 0.1) is 0 Å². The Labute approximate surface area is 113 Å². The third-order valence-electron chi connectivity index (χ3n) is 2.87. The van der Waals surface area contributed by atoms with Crippen LogP contribution in [0.5, 0.6) is 5.75 Å². The molecule has 2 nitrogen and oxygen atoms in total. The van der Waals surface area contributed by atoms with Gasteiger partial charge in [-0.25, -0.2) is 0 Å². The largest absolute Gasteiger partial charge is 0.496 e. The number of hydrogen-bond donors (Lipinski definition) is 1. The number of rotatable bonds is 7. The van der Waals surface area contributed by atoms with Gasteiger partial charge in [-0.2, -0.15) is 0 Å². The van der Waals surface area contributed by atoms with E-state index in [0.717, 1.165) is 16.8 Å². The number of nitrogens with one attached hydrogen (secondary N) is 1. The molecule has 0 aliphatic heterocycles. The molecule has 1 atom stereocenters. The molecule has 0 spiro atoms. The summed E-state index contributed by atoms with van der Waals surface area (Å²) in [6.45, 7) is 5.32. The minimum Gasteiger partial charge on any atom is -0.496 e. The van der Waals surface area contributed by atoms with E-state index in [1.807, 2.05) is 12.1 Å². The van der Waals surface area contributed by atoms with Crippen molar-refractivity contribution in [2.75, 3.05) is 7.11 Å². The Morgan fingerprint density at radius 3 is 2.82 bits per heavy atom. The molecule has 0 saturated heterocycles. The van der Waals surface area contributed by atoms with Crippen molar-refractivity contribution in [1.29, 1.82) is 0 Å². The molecule has 0 fully saturated rings. The zero-order valence-electron chi connectivity index (χ0n) is 10.9. The van der Waals surface area contributed by atoms with Crippen molar-refractivity contribution in [3.8, 4) is 5.75 Å². The standard InChI is InChI=1S/C14H22BrNO/c1-4-5-6-11(2)16-10-12-9-13(15)7-8-14(12)17-3/h7-9,11,16H,4-6,10H2,1-3H3. The molecule has 1 aromatic rings. The van der Waals surface area contributed by atoms with Crippen LogP contribution in [0.1, 0.15) is 38.7 Å². The maximum Gasteiger partial charge on any atom is 0.123 e. The van der Waals surface area contributed by atoms with E-state index in [0.29, 0.717) is 6.04 Å². The van der Waals surface area contributed by atoms with Crippen molar-refractivity contribution >= 4 is 15.9 Å². The van der Waals surface area contributed by atoms with Gasteiger partial charge in [0.15, 0.2) is 0 Å². The first-order chi connectivity index (χ1) is 8.17. The predicted octanol–water partition coefficient (Wildman–Crippen LogP) is 4.13. The molecule has 1 unspecified atom stereocenters. The van der Waals surface area contributed by atoms with Gasteiger partial charge in [-0.15, -0.1) is 0 Å². The minimum absolute atomic E-state index is 0.554. The monoisotopic (exact) mass is 299 g/mol. The fourth-order valence-electron chi connectivity index (χ4n) is 1.78. The second-order valence-electron chi connectivity index (χ2n) is 4.38. The fourth-order valence-corrected chi connectivity index (χ4v) is 2.19. The molecule has 1 rings (SSSR count). The van der Waals surface area contributed by atoms with E-state index in [1.165, 1.54) is 24.8 Å². The fraction of sp³-hybridized carbons (Fsp3) is 0.571. The molecule has 1 aromatic carbocycles. The van der Waals surface area contributed by atoms with Crippen molar-refractivity contribution in [2.45, 2.75) is 45.7 Å². The molecule has 96 valence electrons. The lowest BCUT2D eigenvalue weighted by Crippen LogP contribution is -2.25. The molecule has 0 bridgehead atoms. The highest BCUT2D eigenvalue weighted by Gasteiger charge is 2.06. The second kappa shape index (κ2) is 7.72. The number of hydrogen-bond acceptors (Lipinski definition) is 2. The van der Waals surface area contributed by atoms with Gasteiger partial charge in [-0.3, -0.25) is 0 Å². The van der Waals surface area contributed by atoms with Gasteiger partial charge >= 0.3 is 0 Å². The highest BCUT2D eigenvalue weighted by molar-refractivity contribution is 9.10. The average Bonchev–Trinajstić information content (AvgIpc) is 2.34. The average molecular weight is 300 g/mol. The molecule has 0 aliphatic rings.